The number of hydrogen-bond acceptors (Lipinski definition) is 11. The van der Waals surface area contributed by atoms with Crippen LogP contribution in [0, 0.1) is 21.4 Å². The molecular formula is C44H49N7O7S. The summed E-state index contributed by atoms with van der Waals surface area (Å²) >= 11 is 0. The van der Waals surface area contributed by atoms with E-state index in [1.807, 2.05) is 12.1 Å². The number of carbonyl (C=O) groups is 1. The molecule has 14 nitrogen and oxygen atoms in total. The molecule has 0 atom stereocenters. The van der Waals surface area contributed by atoms with Gasteiger partial charge >= 0.3 is 0 Å². The number of carbonyl (C=O) groups excluding carboxylic acids is 1. The monoisotopic (exact) mass is 819 g/mol. The van der Waals surface area contributed by atoms with Gasteiger partial charge in [-0.3, -0.25) is 14.9 Å². The molecular weight excluding hydrogens is 771 g/mol. The number of para-hydroxylation sites is 1. The van der Waals surface area contributed by atoms with Crippen LogP contribution in [-0.2, 0) is 14.8 Å². The summed E-state index contributed by atoms with van der Waals surface area (Å²) in [6.45, 7) is 5.53. The van der Waals surface area contributed by atoms with Crippen molar-refractivity contribution >= 4 is 49.7 Å². The van der Waals surface area contributed by atoms with Gasteiger partial charge in [-0.15, -0.1) is 0 Å². The SMILES string of the molecule is O=C(NS(=O)(=O)c1ccc(NCC2CCOCC2)c([N+](=O)[O-])c1)c1ccc(N2CCC3(CCCN(c4ccccc4C4CC4)C3)CC2)cc1Oc1cnc2[nH]ccc2c1. The van der Waals surface area contributed by atoms with Crippen LogP contribution < -0.4 is 24.6 Å². The van der Waals surface area contributed by atoms with Crippen LogP contribution in [0.5, 0.6) is 11.5 Å². The van der Waals surface area contributed by atoms with Crippen molar-refractivity contribution in [3.05, 3.63) is 106 Å². The topological polar surface area (TPSA) is 172 Å². The molecule has 59 heavy (non-hydrogen) atoms. The Hall–Kier alpha value is -5.67. The lowest BCUT2D eigenvalue weighted by Crippen LogP contribution is -2.50. The highest BCUT2D eigenvalue weighted by atomic mass is 32.2. The molecule has 1 aliphatic carbocycles. The van der Waals surface area contributed by atoms with Gasteiger partial charge in [0.2, 0.25) is 0 Å². The molecule has 5 heterocycles. The fraction of sp³-hybridized carbons (Fsp3) is 0.409. The van der Waals surface area contributed by atoms with E-state index >= 15 is 0 Å². The summed E-state index contributed by atoms with van der Waals surface area (Å²) in [6.07, 6.45) is 11.9. The molecule has 3 aliphatic heterocycles. The van der Waals surface area contributed by atoms with Crippen LogP contribution in [0.3, 0.4) is 0 Å². The molecule has 5 aromatic rings. The summed E-state index contributed by atoms with van der Waals surface area (Å²) in [7, 11) is -4.54. The number of sulfonamides is 1. The average molecular weight is 820 g/mol. The molecule has 0 unspecified atom stereocenters. The molecule has 0 bridgehead atoms. The number of hydrogen-bond donors (Lipinski definition) is 3. The van der Waals surface area contributed by atoms with Gasteiger partial charge in [0.05, 0.1) is 21.6 Å². The molecule has 2 aromatic heterocycles. The van der Waals surface area contributed by atoms with E-state index in [9.17, 15) is 23.3 Å². The summed E-state index contributed by atoms with van der Waals surface area (Å²) in [5.41, 5.74) is 4.42. The molecule has 1 amide bonds. The maximum atomic E-state index is 13.9. The number of benzene rings is 3. The Morgan fingerprint density at radius 3 is 2.58 bits per heavy atom. The Bertz CT molecular complexity index is 2470. The lowest BCUT2D eigenvalue weighted by atomic mass is 9.72. The largest absolute Gasteiger partial charge is 0.455 e. The van der Waals surface area contributed by atoms with E-state index in [2.05, 4.69) is 54.1 Å². The van der Waals surface area contributed by atoms with Crippen LogP contribution >= 0.6 is 0 Å². The van der Waals surface area contributed by atoms with E-state index in [0.29, 0.717) is 37.1 Å². The summed E-state index contributed by atoms with van der Waals surface area (Å²) in [6, 6.07) is 21.3. The maximum Gasteiger partial charge on any atom is 0.293 e. The van der Waals surface area contributed by atoms with E-state index in [1.165, 1.54) is 42.6 Å². The first-order valence-corrected chi connectivity index (χ1v) is 22.1. The Morgan fingerprint density at radius 1 is 0.966 bits per heavy atom. The number of nitro benzene ring substituents is 1. The third-order valence-electron chi connectivity index (χ3n) is 12.6. The van der Waals surface area contributed by atoms with Crippen molar-refractivity contribution < 1.29 is 27.6 Å². The first-order chi connectivity index (χ1) is 28.6. The minimum atomic E-state index is -4.54. The third-order valence-corrected chi connectivity index (χ3v) is 13.9. The molecule has 3 saturated heterocycles. The summed E-state index contributed by atoms with van der Waals surface area (Å²) < 4.78 is 41.2. The molecule has 4 aliphatic rings. The number of pyridine rings is 1. The molecule has 1 saturated carbocycles. The fourth-order valence-electron chi connectivity index (χ4n) is 9.08. The zero-order valence-electron chi connectivity index (χ0n) is 32.9. The van der Waals surface area contributed by atoms with Crippen molar-refractivity contribution in [2.75, 3.05) is 61.1 Å². The second-order valence-electron chi connectivity index (χ2n) is 16.5. The number of piperidine rings is 2. The second kappa shape index (κ2) is 16.2. The van der Waals surface area contributed by atoms with Crippen molar-refractivity contribution in [1.82, 2.24) is 14.7 Å². The van der Waals surface area contributed by atoms with Gasteiger partial charge in [0.15, 0.2) is 0 Å². The molecule has 3 N–H and O–H groups in total. The molecule has 9 rings (SSSR count). The smallest absolute Gasteiger partial charge is 0.293 e. The van der Waals surface area contributed by atoms with E-state index in [-0.39, 0.29) is 28.3 Å². The fourth-order valence-corrected chi connectivity index (χ4v) is 10.1. The number of fused-ring (bicyclic) bond motifs is 1. The van der Waals surface area contributed by atoms with Gasteiger partial charge in [0.1, 0.15) is 22.8 Å². The Kier molecular flexibility index (Phi) is 10.6. The predicted molar refractivity (Wildman–Crippen MR) is 226 cm³/mol. The Morgan fingerprint density at radius 2 is 1.78 bits per heavy atom. The minimum absolute atomic E-state index is 0.0125. The van der Waals surface area contributed by atoms with E-state index in [0.717, 1.165) is 75.4 Å². The van der Waals surface area contributed by atoms with Crippen LogP contribution in [0.1, 0.15) is 73.2 Å². The first kappa shape index (κ1) is 38.8. The van der Waals surface area contributed by atoms with Crippen molar-refractivity contribution in [3.8, 4) is 11.5 Å². The molecule has 1 spiro atoms. The molecule has 3 aromatic carbocycles. The summed E-state index contributed by atoms with van der Waals surface area (Å²) in [5.74, 6) is 0.571. The van der Waals surface area contributed by atoms with E-state index in [1.54, 1.807) is 30.6 Å². The van der Waals surface area contributed by atoms with Gasteiger partial charge in [0, 0.05) is 81.0 Å². The van der Waals surface area contributed by atoms with Crippen LogP contribution in [-0.4, -0.2) is 75.2 Å². The van der Waals surface area contributed by atoms with Crippen LogP contribution in [0.4, 0.5) is 22.7 Å². The van der Waals surface area contributed by atoms with E-state index in [4.69, 9.17) is 9.47 Å². The number of ether oxygens (including phenoxy) is 2. The molecule has 308 valence electrons. The number of amides is 1. The quantitative estimate of drug-likeness (QED) is 0.0823. The van der Waals surface area contributed by atoms with Crippen LogP contribution in [0.25, 0.3) is 11.0 Å². The normalized spacial score (nSPS) is 18.5. The average Bonchev–Trinajstić information content (AvgIpc) is 4.00. The summed E-state index contributed by atoms with van der Waals surface area (Å²) in [5, 5.41) is 16.0. The Labute approximate surface area is 343 Å². The number of aromatic amines is 1. The van der Waals surface area contributed by atoms with Crippen molar-refractivity contribution in [2.45, 2.75) is 62.2 Å². The van der Waals surface area contributed by atoms with Gasteiger partial charge in [-0.1, -0.05) is 18.2 Å². The first-order valence-electron chi connectivity index (χ1n) is 20.6. The van der Waals surface area contributed by atoms with Crippen molar-refractivity contribution in [3.63, 3.8) is 0 Å². The lowest BCUT2D eigenvalue weighted by molar-refractivity contribution is -0.384. The predicted octanol–water partition coefficient (Wildman–Crippen LogP) is 7.99. The van der Waals surface area contributed by atoms with Gasteiger partial charge in [-0.2, -0.15) is 0 Å². The number of nitro groups is 1. The van der Waals surface area contributed by atoms with Crippen LogP contribution in [0.15, 0.2) is 90.1 Å². The highest BCUT2D eigenvalue weighted by Gasteiger charge is 2.40. The zero-order chi connectivity index (χ0) is 40.6. The third kappa shape index (κ3) is 8.44. The number of H-pyrrole nitrogens is 1. The van der Waals surface area contributed by atoms with Crippen molar-refractivity contribution in [1.29, 1.82) is 0 Å². The van der Waals surface area contributed by atoms with Gasteiger partial charge in [-0.05, 0) is 117 Å². The maximum absolute atomic E-state index is 13.9. The van der Waals surface area contributed by atoms with Gasteiger partial charge < -0.3 is 29.6 Å². The molecule has 15 heteroatoms. The standard InChI is InChI=1S/C44H49N7O7S/c52-43(48-59(55,56)35-9-11-38(40(26-35)51(53)54)46-27-30-13-22-57-23-14-30)37-10-8-33(25-41(37)58-34-24-32-12-18-45-42(32)47-28-34)49-20-16-44(17-21-49)15-3-19-50(29-44)39-5-2-1-4-36(39)31-6-7-31/h1-2,4-5,8-12,18,24-26,28,30-31,46H,3,6-7,13-17,19-23,27,29H2,(H,45,47)(H,48,52). The summed E-state index contributed by atoms with van der Waals surface area (Å²) in [4.78, 5) is 37.4. The van der Waals surface area contributed by atoms with E-state index < -0.39 is 31.4 Å². The van der Waals surface area contributed by atoms with Crippen molar-refractivity contribution in [2.24, 2.45) is 11.3 Å². The number of rotatable bonds is 12. The number of anilines is 3. The lowest BCUT2D eigenvalue weighted by Gasteiger charge is -2.49. The number of nitrogens with one attached hydrogen (secondary N) is 3. The molecule has 0 radical (unpaired) electrons. The highest BCUT2D eigenvalue weighted by Crippen LogP contribution is 2.48. The van der Waals surface area contributed by atoms with Crippen LogP contribution in [0.2, 0.25) is 0 Å². The molecule has 4 fully saturated rings. The highest BCUT2D eigenvalue weighted by molar-refractivity contribution is 7.90. The zero-order valence-corrected chi connectivity index (χ0v) is 33.7. The van der Waals surface area contributed by atoms with Gasteiger partial charge in [-0.25, -0.2) is 18.1 Å². The minimum Gasteiger partial charge on any atom is -0.455 e. The second-order valence-corrected chi connectivity index (χ2v) is 18.2. The van der Waals surface area contributed by atoms with Gasteiger partial charge in [0.25, 0.3) is 21.6 Å². The number of aromatic nitrogens is 2. The number of nitrogens with zero attached hydrogens (tertiary/aromatic N) is 4. The Balaban J connectivity index is 0.937.